The van der Waals surface area contributed by atoms with Crippen LogP contribution in [0.5, 0.6) is 0 Å². The summed E-state index contributed by atoms with van der Waals surface area (Å²) in [5, 5.41) is 11.0. The van der Waals surface area contributed by atoms with Crippen molar-refractivity contribution in [3.05, 3.63) is 33.9 Å². The molecule has 0 heterocycles. The fraction of sp³-hybridized carbons (Fsp3) is 0.500. The van der Waals surface area contributed by atoms with Crippen LogP contribution in [0.3, 0.4) is 0 Å². The molecule has 0 atom stereocenters. The zero-order valence-electron chi connectivity index (χ0n) is 12.5. The van der Waals surface area contributed by atoms with Crippen molar-refractivity contribution in [2.45, 2.75) is 6.92 Å². The minimum Gasteiger partial charge on any atom is -0.383 e. The SMILES string of the molecule is COCCN(CCOC)c1ccc([N+](=O)[O-])c(C(C)=O)c1. The molecule has 21 heavy (non-hydrogen) atoms. The van der Waals surface area contributed by atoms with E-state index in [-0.39, 0.29) is 17.0 Å². The molecule has 0 aliphatic rings. The van der Waals surface area contributed by atoms with Crippen molar-refractivity contribution in [3.8, 4) is 0 Å². The lowest BCUT2D eigenvalue weighted by molar-refractivity contribution is -0.385. The molecule has 7 heteroatoms. The van der Waals surface area contributed by atoms with Gasteiger partial charge >= 0.3 is 0 Å². The lowest BCUT2D eigenvalue weighted by atomic mass is 10.1. The Morgan fingerprint density at radius 3 is 2.24 bits per heavy atom. The molecule has 0 aliphatic heterocycles. The number of methoxy groups -OCH3 is 2. The fourth-order valence-corrected chi connectivity index (χ4v) is 1.93. The molecule has 116 valence electrons. The van der Waals surface area contributed by atoms with E-state index in [1.807, 2.05) is 4.90 Å². The molecule has 0 N–H and O–H groups in total. The number of nitro benzene ring substituents is 1. The Morgan fingerprint density at radius 1 is 1.24 bits per heavy atom. The topological polar surface area (TPSA) is 81.9 Å². The van der Waals surface area contributed by atoms with Crippen molar-refractivity contribution < 1.29 is 19.2 Å². The van der Waals surface area contributed by atoms with E-state index < -0.39 is 4.92 Å². The van der Waals surface area contributed by atoms with Gasteiger partial charge in [0, 0.05) is 39.1 Å². The molecule has 0 fully saturated rings. The van der Waals surface area contributed by atoms with Crippen LogP contribution in [-0.4, -0.2) is 51.2 Å². The van der Waals surface area contributed by atoms with Gasteiger partial charge in [0.1, 0.15) is 0 Å². The Morgan fingerprint density at radius 2 is 1.81 bits per heavy atom. The van der Waals surface area contributed by atoms with Gasteiger partial charge in [0.15, 0.2) is 5.78 Å². The second-order valence-electron chi connectivity index (χ2n) is 4.49. The predicted molar refractivity (Wildman–Crippen MR) is 79.1 cm³/mol. The normalized spacial score (nSPS) is 10.4. The number of hydrogen-bond acceptors (Lipinski definition) is 6. The maximum atomic E-state index is 11.6. The monoisotopic (exact) mass is 296 g/mol. The highest BCUT2D eigenvalue weighted by molar-refractivity contribution is 5.99. The third-order valence-electron chi connectivity index (χ3n) is 3.05. The van der Waals surface area contributed by atoms with Crippen molar-refractivity contribution >= 4 is 17.2 Å². The van der Waals surface area contributed by atoms with Crippen LogP contribution in [0.1, 0.15) is 17.3 Å². The van der Waals surface area contributed by atoms with E-state index >= 15 is 0 Å². The van der Waals surface area contributed by atoms with Crippen LogP contribution in [0.25, 0.3) is 0 Å². The summed E-state index contributed by atoms with van der Waals surface area (Å²) in [7, 11) is 3.21. The van der Waals surface area contributed by atoms with Gasteiger partial charge in [-0.25, -0.2) is 0 Å². The molecule has 1 aromatic rings. The minimum atomic E-state index is -0.546. The Labute approximate surface area is 123 Å². The highest BCUT2D eigenvalue weighted by Crippen LogP contribution is 2.25. The number of rotatable bonds is 9. The first-order valence-corrected chi connectivity index (χ1v) is 6.53. The first-order valence-electron chi connectivity index (χ1n) is 6.53. The first kappa shape index (κ1) is 17.1. The van der Waals surface area contributed by atoms with Gasteiger partial charge in [-0.3, -0.25) is 14.9 Å². The molecule has 7 nitrogen and oxygen atoms in total. The van der Waals surface area contributed by atoms with E-state index in [1.54, 1.807) is 26.4 Å². The number of carbonyl (C=O) groups excluding carboxylic acids is 1. The summed E-state index contributed by atoms with van der Waals surface area (Å²) in [6.45, 7) is 3.55. The molecule has 0 spiro atoms. The number of carbonyl (C=O) groups is 1. The molecule has 0 unspecified atom stereocenters. The van der Waals surface area contributed by atoms with Crippen molar-refractivity contribution in [1.29, 1.82) is 0 Å². The summed E-state index contributed by atoms with van der Waals surface area (Å²) in [5.74, 6) is -0.331. The summed E-state index contributed by atoms with van der Waals surface area (Å²) >= 11 is 0. The van der Waals surface area contributed by atoms with Gasteiger partial charge in [-0.15, -0.1) is 0 Å². The Bertz CT molecular complexity index is 496. The lowest BCUT2D eigenvalue weighted by Gasteiger charge is -2.24. The van der Waals surface area contributed by atoms with E-state index in [0.717, 1.165) is 5.69 Å². The van der Waals surface area contributed by atoms with Crippen LogP contribution in [0.15, 0.2) is 18.2 Å². The van der Waals surface area contributed by atoms with Crippen LogP contribution in [-0.2, 0) is 9.47 Å². The largest absolute Gasteiger partial charge is 0.383 e. The summed E-state index contributed by atoms with van der Waals surface area (Å²) in [6.07, 6.45) is 0. The zero-order chi connectivity index (χ0) is 15.8. The first-order chi connectivity index (χ1) is 10.0. The minimum absolute atomic E-state index is 0.109. The smallest absolute Gasteiger partial charge is 0.280 e. The average molecular weight is 296 g/mol. The number of ketones is 1. The van der Waals surface area contributed by atoms with E-state index in [9.17, 15) is 14.9 Å². The van der Waals surface area contributed by atoms with Gasteiger partial charge in [0.2, 0.25) is 0 Å². The van der Waals surface area contributed by atoms with Crippen LogP contribution >= 0.6 is 0 Å². The highest BCUT2D eigenvalue weighted by atomic mass is 16.6. The number of anilines is 1. The van der Waals surface area contributed by atoms with Gasteiger partial charge < -0.3 is 14.4 Å². The quantitative estimate of drug-likeness (QED) is 0.393. The number of benzene rings is 1. The van der Waals surface area contributed by atoms with Gasteiger partial charge in [-0.2, -0.15) is 0 Å². The van der Waals surface area contributed by atoms with Crippen molar-refractivity contribution in [3.63, 3.8) is 0 Å². The Balaban J connectivity index is 3.10. The zero-order valence-corrected chi connectivity index (χ0v) is 12.5. The van der Waals surface area contributed by atoms with Crippen LogP contribution < -0.4 is 4.90 Å². The van der Waals surface area contributed by atoms with E-state index in [1.165, 1.54) is 13.0 Å². The Hall–Kier alpha value is -1.99. The number of Topliss-reactive ketones (excluding diaryl/α,β-unsaturated/α-hetero) is 1. The molecule has 1 aromatic carbocycles. The van der Waals surface area contributed by atoms with Crippen LogP contribution in [0.2, 0.25) is 0 Å². The number of ether oxygens (including phenoxy) is 2. The maximum absolute atomic E-state index is 11.6. The molecule has 1 rings (SSSR count). The van der Waals surface area contributed by atoms with E-state index in [4.69, 9.17) is 9.47 Å². The molecular formula is C14H20N2O5. The fourth-order valence-electron chi connectivity index (χ4n) is 1.93. The number of nitro groups is 1. The molecule has 0 amide bonds. The van der Waals surface area contributed by atoms with Gasteiger partial charge in [0.25, 0.3) is 5.69 Å². The molecule has 0 bridgehead atoms. The van der Waals surface area contributed by atoms with Gasteiger partial charge in [-0.1, -0.05) is 0 Å². The maximum Gasteiger partial charge on any atom is 0.280 e. The van der Waals surface area contributed by atoms with Crippen molar-refractivity contribution in [2.24, 2.45) is 0 Å². The second-order valence-corrected chi connectivity index (χ2v) is 4.49. The molecule has 0 aromatic heterocycles. The highest BCUT2D eigenvalue weighted by Gasteiger charge is 2.19. The average Bonchev–Trinajstić information content (AvgIpc) is 2.46. The number of nitrogens with zero attached hydrogens (tertiary/aromatic N) is 2. The molecule has 0 aliphatic carbocycles. The molecular weight excluding hydrogens is 276 g/mol. The predicted octanol–water partition coefficient (Wildman–Crippen LogP) is 1.90. The van der Waals surface area contributed by atoms with Gasteiger partial charge in [-0.05, 0) is 19.1 Å². The van der Waals surface area contributed by atoms with Crippen molar-refractivity contribution in [1.82, 2.24) is 0 Å². The van der Waals surface area contributed by atoms with Gasteiger partial charge in [0.05, 0.1) is 23.7 Å². The van der Waals surface area contributed by atoms with Crippen molar-refractivity contribution in [2.75, 3.05) is 45.4 Å². The van der Waals surface area contributed by atoms with Crippen LogP contribution in [0, 0.1) is 10.1 Å². The summed E-state index contributed by atoms with van der Waals surface area (Å²) in [5.41, 5.74) is 0.668. The standard InChI is InChI=1S/C14H20N2O5/c1-11(17)13-10-12(4-5-14(13)16(18)19)15(6-8-20-2)7-9-21-3/h4-5,10H,6-9H2,1-3H3. The molecule has 0 saturated heterocycles. The third-order valence-corrected chi connectivity index (χ3v) is 3.05. The Kier molecular flexibility index (Phi) is 6.77. The molecule has 0 radical (unpaired) electrons. The van der Waals surface area contributed by atoms with E-state index in [0.29, 0.717) is 26.3 Å². The van der Waals surface area contributed by atoms with Crippen LogP contribution in [0.4, 0.5) is 11.4 Å². The summed E-state index contributed by atoms with van der Waals surface area (Å²) < 4.78 is 10.1. The molecule has 0 saturated carbocycles. The third kappa shape index (κ3) is 4.80. The summed E-state index contributed by atoms with van der Waals surface area (Å²) in [6, 6.07) is 4.54. The van der Waals surface area contributed by atoms with E-state index in [2.05, 4.69) is 0 Å². The second kappa shape index (κ2) is 8.33. The summed E-state index contributed by atoms with van der Waals surface area (Å²) in [4.78, 5) is 24.0. The number of hydrogen-bond donors (Lipinski definition) is 0. The lowest BCUT2D eigenvalue weighted by Crippen LogP contribution is -2.30.